The summed E-state index contributed by atoms with van der Waals surface area (Å²) in [6.45, 7) is 4.73. The number of aliphatic carboxylic acids is 1. The molecular weight excluding hydrogens is 971 g/mol. The van der Waals surface area contributed by atoms with E-state index in [-0.39, 0.29) is 38.6 Å². The van der Waals surface area contributed by atoms with Gasteiger partial charge in [0.15, 0.2) is 6.10 Å². The predicted octanol–water partition coefficient (Wildman–Crippen LogP) is 18.8. The van der Waals surface area contributed by atoms with Crippen LogP contribution in [0.2, 0.25) is 0 Å². The van der Waals surface area contributed by atoms with Crippen LogP contribution in [0.4, 0.5) is 0 Å². The van der Waals surface area contributed by atoms with Crippen LogP contribution in [-0.4, -0.2) is 87.4 Å². The molecule has 0 aliphatic rings. The van der Waals surface area contributed by atoms with Gasteiger partial charge in [-0.2, -0.15) is 0 Å². The van der Waals surface area contributed by atoms with Crippen molar-refractivity contribution in [2.45, 2.75) is 251 Å². The number of hydrogen-bond acceptors (Lipinski definition) is 7. The summed E-state index contributed by atoms with van der Waals surface area (Å²) >= 11 is 0. The number of quaternary nitrogens is 1. The molecule has 9 nitrogen and oxygen atoms in total. The first-order valence-corrected chi connectivity index (χ1v) is 31.2. The number of allylic oxidation sites excluding steroid dienone is 20. The van der Waals surface area contributed by atoms with Gasteiger partial charge >= 0.3 is 17.9 Å². The van der Waals surface area contributed by atoms with Gasteiger partial charge in [-0.15, -0.1) is 0 Å². The molecule has 78 heavy (non-hydrogen) atoms. The summed E-state index contributed by atoms with van der Waals surface area (Å²) < 4.78 is 22.9. The van der Waals surface area contributed by atoms with Gasteiger partial charge in [0.25, 0.3) is 6.29 Å². The van der Waals surface area contributed by atoms with Crippen LogP contribution in [0.1, 0.15) is 239 Å². The molecular formula is C69H116NO8+. The van der Waals surface area contributed by atoms with Crippen molar-refractivity contribution in [3.63, 3.8) is 0 Å². The number of rotatable bonds is 56. The van der Waals surface area contributed by atoms with Crippen molar-refractivity contribution in [2.75, 3.05) is 47.5 Å². The van der Waals surface area contributed by atoms with Crippen molar-refractivity contribution in [3.05, 3.63) is 122 Å². The summed E-state index contributed by atoms with van der Waals surface area (Å²) in [6, 6.07) is 0. The number of ether oxygens (including phenoxy) is 4. The molecule has 444 valence electrons. The Kier molecular flexibility index (Phi) is 55.6. The second-order valence-electron chi connectivity index (χ2n) is 21.6. The lowest BCUT2D eigenvalue weighted by molar-refractivity contribution is -0.870. The highest BCUT2D eigenvalue weighted by atomic mass is 16.7. The summed E-state index contributed by atoms with van der Waals surface area (Å²) in [6.07, 6.45) is 80.1. The van der Waals surface area contributed by atoms with Crippen LogP contribution >= 0.6 is 0 Å². The molecule has 0 heterocycles. The normalized spacial score (nSPS) is 13.6. The van der Waals surface area contributed by atoms with E-state index in [1.165, 1.54) is 83.5 Å². The van der Waals surface area contributed by atoms with Gasteiger partial charge in [-0.05, 0) is 109 Å². The lowest BCUT2D eigenvalue weighted by Crippen LogP contribution is -2.40. The molecule has 0 saturated carbocycles. The van der Waals surface area contributed by atoms with E-state index in [4.69, 9.17) is 18.9 Å². The third-order valence-corrected chi connectivity index (χ3v) is 13.0. The van der Waals surface area contributed by atoms with Crippen LogP contribution in [0.3, 0.4) is 0 Å². The Labute approximate surface area is 478 Å². The van der Waals surface area contributed by atoms with Gasteiger partial charge in [0.1, 0.15) is 13.2 Å². The third kappa shape index (κ3) is 59.4. The van der Waals surface area contributed by atoms with E-state index in [1.54, 1.807) is 0 Å². The Balaban J connectivity index is 4.13. The number of carbonyl (C=O) groups excluding carboxylic acids is 2. The second-order valence-corrected chi connectivity index (χ2v) is 21.6. The molecule has 0 bridgehead atoms. The molecule has 9 heteroatoms. The second kappa shape index (κ2) is 58.8. The molecule has 0 spiro atoms. The van der Waals surface area contributed by atoms with Crippen molar-refractivity contribution in [1.82, 2.24) is 0 Å². The maximum absolute atomic E-state index is 12.9. The summed E-state index contributed by atoms with van der Waals surface area (Å²) in [5, 5.41) is 9.70. The van der Waals surface area contributed by atoms with Crippen molar-refractivity contribution >= 4 is 17.9 Å². The van der Waals surface area contributed by atoms with Crippen LogP contribution in [0.15, 0.2) is 122 Å². The van der Waals surface area contributed by atoms with Gasteiger partial charge in [-0.25, -0.2) is 4.79 Å². The molecule has 2 unspecified atom stereocenters. The van der Waals surface area contributed by atoms with Crippen molar-refractivity contribution < 1.29 is 42.9 Å². The van der Waals surface area contributed by atoms with E-state index < -0.39 is 24.3 Å². The van der Waals surface area contributed by atoms with Gasteiger partial charge in [-0.1, -0.05) is 238 Å². The molecule has 0 fully saturated rings. The number of carboxylic acids is 1. The summed E-state index contributed by atoms with van der Waals surface area (Å²) in [5.74, 6) is -2.03. The number of esters is 2. The fourth-order valence-electron chi connectivity index (χ4n) is 8.18. The SMILES string of the molecule is CC/C=C\C/C=C\C/C=C\C/C=C\C/C=C\C/C=C\C/C=C\C/C=C\C/C=C\CCCCCCCCCCCCCC(=O)OC(COC(=O)CCCCCCC/C=C\CCCCCCC)COC(OCC[N+](C)(C)C)C(=O)O. The van der Waals surface area contributed by atoms with Gasteiger partial charge in [-0.3, -0.25) is 9.59 Å². The predicted molar refractivity (Wildman–Crippen MR) is 331 cm³/mol. The maximum Gasteiger partial charge on any atom is 0.361 e. The van der Waals surface area contributed by atoms with Crippen LogP contribution in [0.25, 0.3) is 0 Å². The molecule has 0 aromatic rings. The van der Waals surface area contributed by atoms with E-state index in [2.05, 4.69) is 135 Å². The summed E-state index contributed by atoms with van der Waals surface area (Å²) in [7, 11) is 5.96. The zero-order valence-electron chi connectivity index (χ0n) is 50.5. The van der Waals surface area contributed by atoms with Gasteiger partial charge < -0.3 is 28.5 Å². The quantitative estimate of drug-likeness (QED) is 0.0211. The molecule has 0 saturated heterocycles. The molecule has 2 atom stereocenters. The molecule has 0 amide bonds. The highest BCUT2D eigenvalue weighted by molar-refractivity contribution is 5.71. The molecule has 1 N–H and O–H groups in total. The van der Waals surface area contributed by atoms with E-state index in [9.17, 15) is 19.5 Å². The summed E-state index contributed by atoms with van der Waals surface area (Å²) in [5.41, 5.74) is 0. The molecule has 0 aromatic carbocycles. The van der Waals surface area contributed by atoms with Crippen molar-refractivity contribution in [3.8, 4) is 0 Å². The smallest absolute Gasteiger partial charge is 0.361 e. The molecule has 0 aliphatic carbocycles. The minimum atomic E-state index is -1.52. The Bertz CT molecular complexity index is 1690. The van der Waals surface area contributed by atoms with E-state index >= 15 is 0 Å². The standard InChI is InChI=1S/C69H115NO8/c1-6-8-10-12-14-16-18-20-22-23-24-25-26-27-28-29-30-31-32-33-34-35-36-37-38-39-40-41-42-43-44-45-46-48-50-52-54-56-58-60-67(72)78-65(64-77-69(68(73)74)75-62-61-70(3,4)5)63-76-66(71)59-57-55-53-51-49-47-21-19-17-15-13-11-9-7-2/h8,10,14,16,19-22,24-25,27-28,30-31,33-34,36-37,39-40,65,69H,6-7,9,11-13,15,17-18,23,26,29,32,35,38,41-64H2,1-5H3/p+1/b10-8-,16-14-,21-19-,22-20-,25-24-,28-27-,31-30-,34-33-,37-36-,40-39-. The van der Waals surface area contributed by atoms with Gasteiger partial charge in [0.05, 0.1) is 34.4 Å². The third-order valence-electron chi connectivity index (χ3n) is 13.0. The highest BCUT2D eigenvalue weighted by Crippen LogP contribution is 2.15. The highest BCUT2D eigenvalue weighted by Gasteiger charge is 2.25. The molecule has 0 radical (unpaired) electrons. The number of carboxylic acid groups (broad SMARTS) is 1. The average molecular weight is 1090 g/mol. The van der Waals surface area contributed by atoms with Crippen LogP contribution in [-0.2, 0) is 33.3 Å². The zero-order valence-corrected chi connectivity index (χ0v) is 50.5. The largest absolute Gasteiger partial charge is 0.477 e. The minimum absolute atomic E-state index is 0.181. The Morgan fingerprint density at radius 3 is 1.10 bits per heavy atom. The number of carbonyl (C=O) groups is 3. The van der Waals surface area contributed by atoms with Crippen molar-refractivity contribution in [2.24, 2.45) is 0 Å². The monoisotopic (exact) mass is 1090 g/mol. The lowest BCUT2D eigenvalue weighted by Gasteiger charge is -2.25. The zero-order chi connectivity index (χ0) is 56.9. The molecule has 0 aromatic heterocycles. The number of nitrogens with zero attached hydrogens (tertiary/aromatic N) is 1. The maximum atomic E-state index is 12.9. The van der Waals surface area contributed by atoms with E-state index in [0.29, 0.717) is 17.4 Å². The van der Waals surface area contributed by atoms with Crippen LogP contribution < -0.4 is 0 Å². The number of hydrogen-bond donors (Lipinski definition) is 1. The average Bonchev–Trinajstić information content (AvgIpc) is 3.41. The summed E-state index contributed by atoms with van der Waals surface area (Å²) in [4.78, 5) is 37.4. The van der Waals surface area contributed by atoms with E-state index in [0.717, 1.165) is 122 Å². The molecule has 0 aliphatic heterocycles. The fraction of sp³-hybridized carbons (Fsp3) is 0.667. The lowest BCUT2D eigenvalue weighted by atomic mass is 10.0. The number of likely N-dealkylation sites (N-methyl/N-ethyl adjacent to an activating group) is 1. The van der Waals surface area contributed by atoms with E-state index in [1.807, 2.05) is 21.1 Å². The first-order chi connectivity index (χ1) is 38.1. The molecule has 0 rings (SSSR count). The number of unbranched alkanes of at least 4 members (excludes halogenated alkanes) is 21. The van der Waals surface area contributed by atoms with Crippen molar-refractivity contribution in [1.29, 1.82) is 0 Å². The Hall–Kier alpha value is -4.31. The van der Waals surface area contributed by atoms with Crippen LogP contribution in [0.5, 0.6) is 0 Å². The van der Waals surface area contributed by atoms with Gasteiger partial charge in [0, 0.05) is 12.8 Å². The minimum Gasteiger partial charge on any atom is -0.477 e. The van der Waals surface area contributed by atoms with Gasteiger partial charge in [0.2, 0.25) is 0 Å². The first kappa shape index (κ1) is 73.7. The fourth-order valence-corrected chi connectivity index (χ4v) is 8.18. The van der Waals surface area contributed by atoms with Crippen LogP contribution in [0, 0.1) is 0 Å². The topological polar surface area (TPSA) is 108 Å². The Morgan fingerprint density at radius 2 is 0.731 bits per heavy atom. The first-order valence-electron chi connectivity index (χ1n) is 31.2. The Morgan fingerprint density at radius 1 is 0.397 bits per heavy atom.